The molecular formula is C34H24F6N6O2S. The summed E-state index contributed by atoms with van der Waals surface area (Å²) >= 11 is 1.33. The number of rotatable bonds is 8. The minimum absolute atomic E-state index is 0.317. The molecule has 0 atom stereocenters. The fraction of sp³-hybridized carbons (Fsp3) is 0.118. The van der Waals surface area contributed by atoms with Gasteiger partial charge in [-0.15, -0.1) is 47.9 Å². The fourth-order valence-corrected chi connectivity index (χ4v) is 5.82. The molecule has 0 saturated carbocycles. The van der Waals surface area contributed by atoms with Gasteiger partial charge in [0, 0.05) is 10.9 Å². The summed E-state index contributed by atoms with van der Waals surface area (Å²) in [6.07, 6.45) is -6.53. The summed E-state index contributed by atoms with van der Waals surface area (Å²) in [6.45, 7) is 3.93. The van der Waals surface area contributed by atoms with Crippen molar-refractivity contribution in [3.05, 3.63) is 124 Å². The van der Waals surface area contributed by atoms with Crippen LogP contribution in [-0.2, 0) is 0 Å². The smallest absolute Gasteiger partial charge is 0.406 e. The summed E-state index contributed by atoms with van der Waals surface area (Å²) in [5.74, 6) is -0.251. The third-order valence-electron chi connectivity index (χ3n) is 7.10. The summed E-state index contributed by atoms with van der Waals surface area (Å²) in [7, 11) is 0. The van der Waals surface area contributed by atoms with E-state index in [4.69, 9.17) is 0 Å². The number of thiazole rings is 1. The minimum Gasteiger partial charge on any atom is -0.406 e. The lowest BCUT2D eigenvalue weighted by Gasteiger charge is -2.15. The first-order chi connectivity index (χ1) is 23.3. The van der Waals surface area contributed by atoms with Crippen LogP contribution < -0.4 is 14.3 Å². The summed E-state index contributed by atoms with van der Waals surface area (Å²) in [4.78, 5) is 4.85. The van der Waals surface area contributed by atoms with Gasteiger partial charge >= 0.3 is 12.7 Å². The molecular weight excluding hydrogens is 670 g/mol. The maximum absolute atomic E-state index is 12.7. The zero-order valence-electron chi connectivity index (χ0n) is 25.6. The molecule has 250 valence electrons. The number of aromatic nitrogens is 4. The van der Waals surface area contributed by atoms with Crippen LogP contribution in [0.25, 0.3) is 34.0 Å². The lowest BCUT2D eigenvalue weighted by Crippen LogP contribution is -2.17. The predicted octanol–water partition coefficient (Wildman–Crippen LogP) is 8.80. The Kier molecular flexibility index (Phi) is 9.10. The first kappa shape index (κ1) is 33.2. The van der Waals surface area contributed by atoms with Crippen LogP contribution in [0.2, 0.25) is 0 Å². The molecule has 15 heteroatoms. The average molecular weight is 695 g/mol. The monoisotopic (exact) mass is 694 g/mol. The number of nitrogens with zero attached hydrogens (tertiary/aromatic N) is 6. The highest BCUT2D eigenvalue weighted by Gasteiger charge is 2.31. The molecule has 0 N–H and O–H groups in total. The molecule has 2 aromatic heterocycles. The predicted molar refractivity (Wildman–Crippen MR) is 172 cm³/mol. The first-order valence-corrected chi connectivity index (χ1v) is 15.3. The van der Waals surface area contributed by atoms with Crippen molar-refractivity contribution in [3.63, 3.8) is 0 Å². The fourth-order valence-electron chi connectivity index (χ4n) is 4.97. The Hall–Kier alpha value is -5.70. The Morgan fingerprint density at radius 3 is 1.90 bits per heavy atom. The largest absolute Gasteiger partial charge is 0.573 e. The lowest BCUT2D eigenvalue weighted by molar-refractivity contribution is -0.275. The number of aryl methyl sites for hydroxylation is 2. The van der Waals surface area contributed by atoms with Gasteiger partial charge in [-0.2, -0.15) is 5.10 Å². The molecule has 0 aliphatic carbocycles. The molecule has 6 aromatic rings. The molecule has 0 fully saturated rings. The van der Waals surface area contributed by atoms with Crippen molar-refractivity contribution in [2.75, 3.05) is 0 Å². The molecule has 0 amide bonds. The summed E-state index contributed by atoms with van der Waals surface area (Å²) in [5, 5.41) is 15.1. The number of halogens is 6. The van der Waals surface area contributed by atoms with Crippen molar-refractivity contribution in [1.82, 2.24) is 19.3 Å². The van der Waals surface area contributed by atoms with Gasteiger partial charge in [0.25, 0.3) is 0 Å². The van der Waals surface area contributed by atoms with E-state index in [2.05, 4.69) is 29.8 Å². The highest BCUT2D eigenvalue weighted by Crippen LogP contribution is 2.30. The third kappa shape index (κ3) is 8.06. The molecule has 6 rings (SSSR count). The van der Waals surface area contributed by atoms with Crippen LogP contribution in [0.1, 0.15) is 16.7 Å². The maximum atomic E-state index is 12.7. The van der Waals surface area contributed by atoms with E-state index in [-0.39, 0.29) is 11.5 Å². The normalized spacial score (nSPS) is 12.5. The van der Waals surface area contributed by atoms with Gasteiger partial charge in [-0.3, -0.25) is 4.57 Å². The lowest BCUT2D eigenvalue weighted by atomic mass is 10.1. The zero-order chi connectivity index (χ0) is 34.8. The topological polar surface area (TPSA) is 78.8 Å². The van der Waals surface area contributed by atoms with E-state index >= 15 is 0 Å². The van der Waals surface area contributed by atoms with Crippen molar-refractivity contribution < 1.29 is 35.8 Å². The highest BCUT2D eigenvalue weighted by molar-refractivity contribution is 7.07. The van der Waals surface area contributed by atoms with E-state index in [1.54, 1.807) is 30.5 Å². The van der Waals surface area contributed by atoms with Gasteiger partial charge in [-0.25, -0.2) is 9.67 Å². The van der Waals surface area contributed by atoms with Gasteiger partial charge in [0.1, 0.15) is 17.8 Å². The second kappa shape index (κ2) is 13.4. The van der Waals surface area contributed by atoms with Crippen molar-refractivity contribution >= 4 is 17.6 Å². The summed E-state index contributed by atoms with van der Waals surface area (Å²) in [5.41, 5.74) is 6.15. The van der Waals surface area contributed by atoms with Gasteiger partial charge < -0.3 is 9.47 Å². The summed E-state index contributed by atoms with van der Waals surface area (Å²) < 4.78 is 86.8. The molecule has 0 bridgehead atoms. The second-order valence-electron chi connectivity index (χ2n) is 10.6. The molecule has 49 heavy (non-hydrogen) atoms. The zero-order valence-corrected chi connectivity index (χ0v) is 26.4. The average Bonchev–Trinajstić information content (AvgIpc) is 3.69. The first-order valence-electron chi connectivity index (χ1n) is 14.4. The molecule has 0 radical (unpaired) electrons. The van der Waals surface area contributed by atoms with Crippen LogP contribution in [0.5, 0.6) is 11.5 Å². The number of hydrogen-bond acceptors (Lipinski definition) is 7. The maximum Gasteiger partial charge on any atom is 0.573 e. The van der Waals surface area contributed by atoms with Crippen molar-refractivity contribution in [3.8, 4) is 45.5 Å². The third-order valence-corrected chi connectivity index (χ3v) is 7.92. The Morgan fingerprint density at radius 2 is 1.31 bits per heavy atom. The summed E-state index contributed by atoms with van der Waals surface area (Å²) in [6, 6.07) is 24.0. The molecule has 2 heterocycles. The van der Waals surface area contributed by atoms with Crippen LogP contribution in [0.3, 0.4) is 0 Å². The quantitative estimate of drug-likeness (QED) is 0.0907. The molecule has 0 unspecified atom stereocenters. The number of alkyl halides is 6. The highest BCUT2D eigenvalue weighted by atomic mass is 32.1. The standard InChI is InChI=1S/C34H24F6N6O2S/c1-21-4-3-5-22(2)30(21)46-29(24-10-14-27(15-11-24)47-33(35,36)37)19-49-32(46)43-42-18-23-6-8-25(9-7-23)31-41-20-45(44-31)26-12-16-28(17-13-26)48-34(38,39)40/h3-20H,1-2H3/b42-18+,43-32-. The van der Waals surface area contributed by atoms with Crippen LogP contribution in [0, 0.1) is 13.8 Å². The van der Waals surface area contributed by atoms with Gasteiger partial charge in [-0.1, -0.05) is 42.5 Å². The molecule has 0 aliphatic rings. The SMILES string of the molecule is Cc1cccc(C)c1-n1c(-c2ccc(OC(F)(F)F)cc2)cs/c1=N\N=C\c1ccc(-c2ncn(-c3ccc(OC(F)(F)F)cc3)n2)cc1. The Bertz CT molecular complexity index is 2150. The van der Waals surface area contributed by atoms with E-state index < -0.39 is 12.7 Å². The van der Waals surface area contributed by atoms with Gasteiger partial charge in [-0.05, 0) is 84.6 Å². The number of ether oxygens (including phenoxy) is 2. The van der Waals surface area contributed by atoms with Gasteiger partial charge in [0.05, 0.1) is 23.3 Å². The van der Waals surface area contributed by atoms with Crippen molar-refractivity contribution in [1.29, 1.82) is 0 Å². The number of para-hydroxylation sites is 1. The van der Waals surface area contributed by atoms with E-state index in [0.29, 0.717) is 27.4 Å². The van der Waals surface area contributed by atoms with E-state index in [1.165, 1.54) is 58.7 Å². The van der Waals surface area contributed by atoms with Crippen molar-refractivity contribution in [2.45, 2.75) is 26.6 Å². The van der Waals surface area contributed by atoms with E-state index in [0.717, 1.165) is 28.1 Å². The van der Waals surface area contributed by atoms with Crippen molar-refractivity contribution in [2.24, 2.45) is 10.2 Å². The second-order valence-corrected chi connectivity index (χ2v) is 11.4. The Balaban J connectivity index is 1.24. The Morgan fingerprint density at radius 1 is 0.735 bits per heavy atom. The van der Waals surface area contributed by atoms with Crippen LogP contribution >= 0.6 is 11.3 Å². The van der Waals surface area contributed by atoms with Crippen LogP contribution in [-0.4, -0.2) is 38.3 Å². The molecule has 8 nitrogen and oxygen atoms in total. The molecule has 0 aliphatic heterocycles. The van der Waals surface area contributed by atoms with Gasteiger partial charge in [0.15, 0.2) is 5.82 Å². The molecule has 0 spiro atoms. The van der Waals surface area contributed by atoms with Crippen LogP contribution in [0.15, 0.2) is 113 Å². The minimum atomic E-state index is -4.79. The van der Waals surface area contributed by atoms with Gasteiger partial charge in [0.2, 0.25) is 4.80 Å². The Labute approximate surface area is 278 Å². The molecule has 0 saturated heterocycles. The number of hydrogen-bond donors (Lipinski definition) is 0. The van der Waals surface area contributed by atoms with E-state index in [9.17, 15) is 26.3 Å². The number of benzene rings is 4. The molecule has 4 aromatic carbocycles. The van der Waals surface area contributed by atoms with Crippen LogP contribution in [0.4, 0.5) is 26.3 Å². The van der Waals surface area contributed by atoms with E-state index in [1.807, 2.05) is 54.1 Å².